The highest BCUT2D eigenvalue weighted by Gasteiger charge is 2.18. The molecule has 0 fully saturated rings. The van der Waals surface area contributed by atoms with Gasteiger partial charge in [0.05, 0.1) is 17.6 Å². The summed E-state index contributed by atoms with van der Waals surface area (Å²) in [7, 11) is 0. The smallest absolute Gasteiger partial charge is 0.176 e. The van der Waals surface area contributed by atoms with Crippen LogP contribution in [0.2, 0.25) is 0 Å². The van der Waals surface area contributed by atoms with E-state index in [-0.39, 0.29) is 0 Å². The van der Waals surface area contributed by atoms with Crippen LogP contribution >= 0.6 is 35.3 Å². The molecule has 28 heavy (non-hydrogen) atoms. The zero-order valence-corrected chi connectivity index (χ0v) is 17.7. The monoisotopic (exact) mass is 424 g/mol. The minimum atomic E-state index is 0.643. The van der Waals surface area contributed by atoms with Gasteiger partial charge in [-0.15, -0.1) is 0 Å². The quantitative estimate of drug-likeness (QED) is 0.209. The van der Waals surface area contributed by atoms with Crippen LogP contribution in [-0.4, -0.2) is 31.8 Å². The van der Waals surface area contributed by atoms with Crippen LogP contribution in [0.4, 0.5) is 0 Å². The summed E-state index contributed by atoms with van der Waals surface area (Å²) in [5.74, 6) is 0.844. The highest BCUT2D eigenvalue weighted by atomic mass is 32.2. The van der Waals surface area contributed by atoms with Gasteiger partial charge >= 0.3 is 0 Å². The molecule has 0 radical (unpaired) electrons. The third-order valence-electron chi connectivity index (χ3n) is 4.53. The van der Waals surface area contributed by atoms with E-state index in [0.29, 0.717) is 6.61 Å². The molecule has 5 rings (SSSR count). The number of hydrogen-bond donors (Lipinski definition) is 0. The van der Waals surface area contributed by atoms with Gasteiger partial charge in [0.15, 0.2) is 20.4 Å². The fourth-order valence-corrected chi connectivity index (χ4v) is 5.25. The minimum Gasteiger partial charge on any atom is -0.494 e. The predicted molar refractivity (Wildman–Crippen MR) is 119 cm³/mol. The van der Waals surface area contributed by atoms with E-state index in [9.17, 15) is 0 Å². The van der Waals surface area contributed by atoms with Gasteiger partial charge in [-0.1, -0.05) is 35.2 Å². The second kappa shape index (κ2) is 6.88. The van der Waals surface area contributed by atoms with E-state index in [1.165, 1.54) is 0 Å². The van der Waals surface area contributed by atoms with Crippen molar-refractivity contribution >= 4 is 62.3 Å². The standard InChI is InChI=1S/C20H16N4OS3/c1-3-25-13-10-8-12(9-11-13)23-18-16(28-20(23)26)17-21-14-6-4-5-7-15(14)24(17)19(22-18)27-2/h4-11H,3H2,1-2H3. The van der Waals surface area contributed by atoms with E-state index < -0.39 is 0 Å². The normalized spacial score (nSPS) is 11.6. The Morgan fingerprint density at radius 2 is 1.86 bits per heavy atom. The first-order chi connectivity index (χ1) is 13.7. The number of hydrogen-bond acceptors (Lipinski definition) is 6. The molecule has 0 aliphatic rings. The number of benzene rings is 2. The van der Waals surface area contributed by atoms with Crippen molar-refractivity contribution in [2.75, 3.05) is 12.9 Å². The number of fused-ring (bicyclic) bond motifs is 5. The number of thiazole rings is 1. The average molecular weight is 425 g/mol. The maximum absolute atomic E-state index is 5.71. The molecule has 3 heterocycles. The van der Waals surface area contributed by atoms with E-state index in [1.807, 2.05) is 60.2 Å². The molecule has 5 aromatic rings. The molecule has 140 valence electrons. The SMILES string of the molecule is CCOc1ccc(-n2c(=S)sc3c2nc(SC)n2c4ccccc4nc32)cc1. The fourth-order valence-electron chi connectivity index (χ4n) is 3.35. The van der Waals surface area contributed by atoms with Crippen molar-refractivity contribution in [3.8, 4) is 11.4 Å². The van der Waals surface area contributed by atoms with Crippen molar-refractivity contribution in [1.29, 1.82) is 0 Å². The number of aromatic nitrogens is 4. The molecule has 5 nitrogen and oxygen atoms in total. The Balaban J connectivity index is 1.83. The summed E-state index contributed by atoms with van der Waals surface area (Å²) in [6.45, 7) is 2.62. The van der Waals surface area contributed by atoms with Crippen molar-refractivity contribution < 1.29 is 4.74 Å². The van der Waals surface area contributed by atoms with E-state index in [0.717, 1.165) is 47.6 Å². The lowest BCUT2D eigenvalue weighted by Gasteiger charge is -2.08. The summed E-state index contributed by atoms with van der Waals surface area (Å²) in [6.07, 6.45) is 2.03. The summed E-state index contributed by atoms with van der Waals surface area (Å²) in [5.41, 5.74) is 4.73. The maximum Gasteiger partial charge on any atom is 0.176 e. The zero-order chi connectivity index (χ0) is 19.3. The number of rotatable bonds is 4. The van der Waals surface area contributed by atoms with Crippen LogP contribution in [0.1, 0.15) is 6.92 Å². The highest BCUT2D eigenvalue weighted by Crippen LogP contribution is 2.33. The lowest BCUT2D eigenvalue weighted by Crippen LogP contribution is -2.00. The predicted octanol–water partition coefficient (Wildman–Crippen LogP) is 5.74. The van der Waals surface area contributed by atoms with Gasteiger partial charge in [-0.05, 0) is 61.8 Å². The van der Waals surface area contributed by atoms with Crippen LogP contribution in [0.5, 0.6) is 5.75 Å². The third kappa shape index (κ3) is 2.63. The molecule has 0 bridgehead atoms. The molecule has 0 aliphatic carbocycles. The van der Waals surface area contributed by atoms with Crippen molar-refractivity contribution in [3.63, 3.8) is 0 Å². The van der Waals surface area contributed by atoms with E-state index in [4.69, 9.17) is 26.9 Å². The molecule has 3 aromatic heterocycles. The van der Waals surface area contributed by atoms with E-state index in [2.05, 4.69) is 10.5 Å². The first kappa shape index (κ1) is 17.7. The Hall–Kier alpha value is -2.42. The summed E-state index contributed by atoms with van der Waals surface area (Å²) in [4.78, 5) is 9.84. The molecule has 0 aliphatic heterocycles. The third-order valence-corrected chi connectivity index (χ3v) is 6.53. The summed E-state index contributed by atoms with van der Waals surface area (Å²) < 4.78 is 11.4. The fraction of sp³-hybridized carbons (Fsp3) is 0.150. The highest BCUT2D eigenvalue weighted by molar-refractivity contribution is 7.98. The van der Waals surface area contributed by atoms with Crippen LogP contribution in [-0.2, 0) is 0 Å². The van der Waals surface area contributed by atoms with Gasteiger partial charge in [0, 0.05) is 5.69 Å². The first-order valence-electron chi connectivity index (χ1n) is 8.81. The molecule has 0 atom stereocenters. The van der Waals surface area contributed by atoms with Crippen LogP contribution in [0, 0.1) is 3.95 Å². The summed E-state index contributed by atoms with van der Waals surface area (Å²) >= 11 is 8.86. The number of imidazole rings is 1. The summed E-state index contributed by atoms with van der Waals surface area (Å²) in [6, 6.07) is 16.1. The number of ether oxygens (including phenoxy) is 1. The van der Waals surface area contributed by atoms with E-state index >= 15 is 0 Å². The number of nitrogens with zero attached hydrogens (tertiary/aromatic N) is 4. The number of para-hydroxylation sites is 2. The Labute approximate surface area is 174 Å². The molecule has 8 heteroatoms. The molecular formula is C20H16N4OS3. The van der Waals surface area contributed by atoms with Gasteiger partial charge in [0.2, 0.25) is 0 Å². The second-order valence-electron chi connectivity index (χ2n) is 6.14. The first-order valence-corrected chi connectivity index (χ1v) is 11.3. The molecule has 0 amide bonds. The van der Waals surface area contributed by atoms with Gasteiger partial charge in [-0.3, -0.25) is 8.97 Å². The maximum atomic E-state index is 5.71. The van der Waals surface area contributed by atoms with Crippen LogP contribution < -0.4 is 4.74 Å². The van der Waals surface area contributed by atoms with Gasteiger partial charge in [0.25, 0.3) is 0 Å². The zero-order valence-electron chi connectivity index (χ0n) is 15.2. The Morgan fingerprint density at radius 1 is 1.07 bits per heavy atom. The largest absolute Gasteiger partial charge is 0.494 e. The minimum absolute atomic E-state index is 0.643. The van der Waals surface area contributed by atoms with Crippen molar-refractivity contribution in [2.24, 2.45) is 0 Å². The molecule has 0 saturated carbocycles. The molecular weight excluding hydrogens is 408 g/mol. The lowest BCUT2D eigenvalue weighted by atomic mass is 10.3. The molecule has 2 aromatic carbocycles. The molecule has 0 saturated heterocycles. The van der Waals surface area contributed by atoms with Gasteiger partial charge in [-0.25, -0.2) is 9.97 Å². The van der Waals surface area contributed by atoms with Gasteiger partial charge < -0.3 is 4.74 Å². The molecule has 0 spiro atoms. The second-order valence-corrected chi connectivity index (χ2v) is 8.56. The average Bonchev–Trinajstić information content (AvgIpc) is 3.26. The van der Waals surface area contributed by atoms with Crippen LogP contribution in [0.25, 0.3) is 32.7 Å². The van der Waals surface area contributed by atoms with Gasteiger partial charge in [-0.2, -0.15) is 0 Å². The number of thioether (sulfide) groups is 1. The van der Waals surface area contributed by atoms with Crippen LogP contribution in [0.15, 0.2) is 53.7 Å². The van der Waals surface area contributed by atoms with Crippen molar-refractivity contribution in [3.05, 3.63) is 52.5 Å². The molecule has 0 N–H and O–H groups in total. The Morgan fingerprint density at radius 3 is 2.61 bits per heavy atom. The van der Waals surface area contributed by atoms with E-state index in [1.54, 1.807) is 23.1 Å². The van der Waals surface area contributed by atoms with Crippen molar-refractivity contribution in [1.82, 2.24) is 18.9 Å². The van der Waals surface area contributed by atoms with Gasteiger partial charge in [0.1, 0.15) is 10.4 Å². The molecule has 0 unspecified atom stereocenters. The van der Waals surface area contributed by atoms with Crippen molar-refractivity contribution in [2.45, 2.75) is 12.1 Å². The topological polar surface area (TPSA) is 44.4 Å². The summed E-state index contributed by atoms with van der Waals surface area (Å²) in [5, 5.41) is 0.892. The Bertz CT molecular complexity index is 1380. The van der Waals surface area contributed by atoms with Crippen LogP contribution in [0.3, 0.4) is 0 Å². The lowest BCUT2D eigenvalue weighted by molar-refractivity contribution is 0.340. The Kier molecular flexibility index (Phi) is 4.34.